The number of para-hydroxylation sites is 1. The zero-order chi connectivity index (χ0) is 16.9. The smallest absolute Gasteiger partial charge is 0.271 e. The van der Waals surface area contributed by atoms with E-state index in [9.17, 15) is 9.90 Å². The van der Waals surface area contributed by atoms with Crippen LogP contribution in [0.4, 0.5) is 0 Å². The average Bonchev–Trinajstić information content (AvgIpc) is 3.06. The summed E-state index contributed by atoms with van der Waals surface area (Å²) in [5, 5.41) is 12.0. The molecule has 1 unspecified atom stereocenters. The highest BCUT2D eigenvalue weighted by Crippen LogP contribution is 2.19. The molecule has 1 N–H and O–H groups in total. The summed E-state index contributed by atoms with van der Waals surface area (Å²) >= 11 is 1.35. The minimum absolute atomic E-state index is 0.100. The van der Waals surface area contributed by atoms with Gasteiger partial charge in [0.1, 0.15) is 23.2 Å². The van der Waals surface area contributed by atoms with Crippen molar-refractivity contribution in [3.8, 4) is 5.75 Å². The number of nitrogens with zero attached hydrogens (tertiary/aromatic N) is 2. The number of benzene rings is 1. The molecular weight excluding hydrogens is 324 g/mol. The van der Waals surface area contributed by atoms with Crippen molar-refractivity contribution in [2.75, 3.05) is 6.61 Å². The summed E-state index contributed by atoms with van der Waals surface area (Å²) in [6, 6.07) is 9.44. The Kier molecular flexibility index (Phi) is 5.08. The monoisotopic (exact) mass is 342 g/mol. The third kappa shape index (κ3) is 3.55. The quantitative estimate of drug-likeness (QED) is 0.671. The van der Waals surface area contributed by atoms with Crippen LogP contribution in [0, 0.1) is 0 Å². The molecule has 0 saturated carbocycles. The van der Waals surface area contributed by atoms with Crippen LogP contribution in [-0.2, 0) is 13.0 Å². The number of fused-ring (bicyclic) bond motifs is 1. The minimum Gasteiger partial charge on any atom is -0.491 e. The molecule has 0 radical (unpaired) electrons. The molecule has 0 aliphatic carbocycles. The second-order valence-corrected chi connectivity index (χ2v) is 6.32. The highest BCUT2D eigenvalue weighted by molar-refractivity contribution is 7.17. The lowest BCUT2D eigenvalue weighted by atomic mass is 10.1. The molecule has 0 aliphatic rings. The van der Waals surface area contributed by atoms with Crippen molar-refractivity contribution in [1.29, 1.82) is 0 Å². The van der Waals surface area contributed by atoms with E-state index in [4.69, 9.17) is 4.74 Å². The first-order valence-electron chi connectivity index (χ1n) is 7.61. The first-order chi connectivity index (χ1) is 11.7. The van der Waals surface area contributed by atoms with Gasteiger partial charge in [-0.05, 0) is 29.5 Å². The number of hydrogen-bond donors (Lipinski definition) is 1. The summed E-state index contributed by atoms with van der Waals surface area (Å²) in [4.78, 5) is 16.5. The third-order valence-electron chi connectivity index (χ3n) is 3.61. The topological polar surface area (TPSA) is 64.3 Å². The van der Waals surface area contributed by atoms with Gasteiger partial charge in [-0.3, -0.25) is 9.36 Å². The highest BCUT2D eigenvalue weighted by atomic mass is 32.1. The van der Waals surface area contributed by atoms with Crippen molar-refractivity contribution in [3.63, 3.8) is 0 Å². The van der Waals surface area contributed by atoms with Crippen LogP contribution in [0.1, 0.15) is 5.56 Å². The van der Waals surface area contributed by atoms with E-state index < -0.39 is 6.10 Å². The number of hydrogen-bond acceptors (Lipinski definition) is 5. The predicted molar refractivity (Wildman–Crippen MR) is 95.7 cm³/mol. The normalized spacial score (nSPS) is 12.2. The number of aliphatic hydroxyl groups is 1. The Morgan fingerprint density at radius 3 is 3.04 bits per heavy atom. The first kappa shape index (κ1) is 16.4. The van der Waals surface area contributed by atoms with Gasteiger partial charge in [0, 0.05) is 0 Å². The fourth-order valence-electron chi connectivity index (χ4n) is 2.44. The molecule has 2 heterocycles. The predicted octanol–water partition coefficient (Wildman–Crippen LogP) is 2.63. The van der Waals surface area contributed by atoms with E-state index >= 15 is 0 Å². The zero-order valence-corrected chi connectivity index (χ0v) is 13.9. The Morgan fingerprint density at radius 2 is 2.21 bits per heavy atom. The van der Waals surface area contributed by atoms with E-state index in [1.54, 1.807) is 6.08 Å². The van der Waals surface area contributed by atoms with Gasteiger partial charge in [0.05, 0.1) is 18.4 Å². The van der Waals surface area contributed by atoms with E-state index in [1.807, 2.05) is 35.7 Å². The molecule has 0 fully saturated rings. The van der Waals surface area contributed by atoms with E-state index in [-0.39, 0.29) is 18.7 Å². The highest BCUT2D eigenvalue weighted by Gasteiger charge is 2.11. The SMILES string of the molecule is C=CCc1ccccc1OCC(O)Cn1cnc2ccsc2c1=O. The van der Waals surface area contributed by atoms with Crippen LogP contribution in [0.15, 0.2) is 59.5 Å². The molecule has 0 bridgehead atoms. The molecule has 0 spiro atoms. The second-order valence-electron chi connectivity index (χ2n) is 5.40. The lowest BCUT2D eigenvalue weighted by molar-refractivity contribution is 0.0911. The van der Waals surface area contributed by atoms with Crippen molar-refractivity contribution in [2.24, 2.45) is 0 Å². The maximum atomic E-state index is 12.3. The standard InChI is InChI=1S/C18H18N2O3S/c1-2-5-13-6-3-4-7-16(13)23-11-14(21)10-20-12-19-15-8-9-24-17(15)18(20)22/h2-4,6-9,12,14,21H,1,5,10-11H2. The van der Waals surface area contributed by atoms with E-state index in [2.05, 4.69) is 11.6 Å². The lowest BCUT2D eigenvalue weighted by Gasteiger charge is -2.15. The molecule has 1 aromatic carbocycles. The molecule has 3 aromatic rings. The number of ether oxygens (including phenoxy) is 1. The van der Waals surface area contributed by atoms with Crippen LogP contribution < -0.4 is 10.3 Å². The third-order valence-corrected chi connectivity index (χ3v) is 4.50. The van der Waals surface area contributed by atoms with Gasteiger partial charge in [0.2, 0.25) is 0 Å². The average molecular weight is 342 g/mol. The van der Waals surface area contributed by atoms with Gasteiger partial charge in [-0.15, -0.1) is 17.9 Å². The molecule has 0 aliphatic heterocycles. The van der Waals surface area contributed by atoms with E-state index in [1.165, 1.54) is 22.2 Å². The maximum absolute atomic E-state index is 12.3. The van der Waals surface area contributed by atoms with Crippen molar-refractivity contribution < 1.29 is 9.84 Å². The van der Waals surface area contributed by atoms with Gasteiger partial charge < -0.3 is 9.84 Å². The fraction of sp³-hybridized carbons (Fsp3) is 0.222. The van der Waals surface area contributed by atoms with Crippen molar-refractivity contribution in [1.82, 2.24) is 9.55 Å². The van der Waals surface area contributed by atoms with Gasteiger partial charge in [0.25, 0.3) is 5.56 Å². The summed E-state index contributed by atoms with van der Waals surface area (Å²) in [5.74, 6) is 0.718. The zero-order valence-electron chi connectivity index (χ0n) is 13.1. The van der Waals surface area contributed by atoms with Crippen LogP contribution in [0.2, 0.25) is 0 Å². The van der Waals surface area contributed by atoms with Crippen molar-refractivity contribution >= 4 is 21.6 Å². The Labute approximate surface area is 143 Å². The maximum Gasteiger partial charge on any atom is 0.271 e. The van der Waals surface area contributed by atoms with Crippen molar-refractivity contribution in [2.45, 2.75) is 19.1 Å². The molecule has 3 rings (SSSR count). The van der Waals surface area contributed by atoms with Crippen LogP contribution >= 0.6 is 11.3 Å². The summed E-state index contributed by atoms with van der Waals surface area (Å²) in [5.41, 5.74) is 1.56. The molecule has 0 saturated heterocycles. The molecule has 0 amide bonds. The number of allylic oxidation sites excluding steroid dienone is 1. The van der Waals surface area contributed by atoms with E-state index in [0.717, 1.165) is 11.3 Å². The molecule has 1 atom stereocenters. The Balaban J connectivity index is 1.67. The molecule has 6 heteroatoms. The van der Waals surface area contributed by atoms with Crippen LogP contribution in [0.5, 0.6) is 5.75 Å². The number of thiophene rings is 1. The summed E-state index contributed by atoms with van der Waals surface area (Å²) < 4.78 is 7.72. The first-order valence-corrected chi connectivity index (χ1v) is 8.49. The fourth-order valence-corrected chi connectivity index (χ4v) is 3.24. The van der Waals surface area contributed by atoms with Gasteiger partial charge in [-0.25, -0.2) is 4.98 Å². The number of aliphatic hydroxyl groups excluding tert-OH is 1. The van der Waals surface area contributed by atoms with E-state index in [0.29, 0.717) is 16.6 Å². The molecule has 2 aromatic heterocycles. The van der Waals surface area contributed by atoms with Gasteiger partial charge in [-0.1, -0.05) is 24.3 Å². The molecular formula is C18H18N2O3S. The molecule has 5 nitrogen and oxygen atoms in total. The minimum atomic E-state index is -0.807. The van der Waals surface area contributed by atoms with Crippen LogP contribution in [-0.4, -0.2) is 27.4 Å². The van der Waals surface area contributed by atoms with Crippen LogP contribution in [0.3, 0.4) is 0 Å². The van der Waals surface area contributed by atoms with Crippen LogP contribution in [0.25, 0.3) is 10.2 Å². The van der Waals surface area contributed by atoms with Gasteiger partial charge in [0.15, 0.2) is 0 Å². The van der Waals surface area contributed by atoms with Crippen molar-refractivity contribution in [3.05, 3.63) is 70.6 Å². The number of rotatable bonds is 7. The molecule has 24 heavy (non-hydrogen) atoms. The van der Waals surface area contributed by atoms with Gasteiger partial charge in [-0.2, -0.15) is 0 Å². The summed E-state index contributed by atoms with van der Waals surface area (Å²) in [6.45, 7) is 3.97. The molecule has 124 valence electrons. The van der Waals surface area contributed by atoms with Gasteiger partial charge >= 0.3 is 0 Å². The largest absolute Gasteiger partial charge is 0.491 e. The Hall–Kier alpha value is -2.44. The summed E-state index contributed by atoms with van der Waals surface area (Å²) in [7, 11) is 0. The lowest BCUT2D eigenvalue weighted by Crippen LogP contribution is -2.30. The Bertz CT molecular complexity index is 900. The summed E-state index contributed by atoms with van der Waals surface area (Å²) in [6.07, 6.45) is 3.16. The number of aromatic nitrogens is 2. The Morgan fingerprint density at radius 1 is 1.38 bits per heavy atom. The second kappa shape index (κ2) is 7.42.